The van der Waals surface area contributed by atoms with E-state index in [-0.39, 0.29) is 54.4 Å². The molecular weight excluding hydrogens is 1520 g/mol. The number of benzene rings is 6. The van der Waals surface area contributed by atoms with Gasteiger partial charge in [0.05, 0.1) is 91.1 Å². The quantitative estimate of drug-likeness (QED) is 0.0194. The molecule has 0 unspecified atom stereocenters. The molecule has 4 aliphatic heterocycles. The Morgan fingerprint density at radius 2 is 0.892 bits per heavy atom. The smallest absolute Gasteiger partial charge is 0.228 e. The second-order valence-corrected chi connectivity index (χ2v) is 26.2. The molecular formula is C82H75BBrClN13O12S. The van der Waals surface area contributed by atoms with Gasteiger partial charge in [-0.1, -0.05) is 64.8 Å². The van der Waals surface area contributed by atoms with E-state index in [1.807, 2.05) is 74.5 Å². The van der Waals surface area contributed by atoms with E-state index < -0.39 is 0 Å². The van der Waals surface area contributed by atoms with Crippen molar-refractivity contribution in [3.8, 4) is 64.8 Å². The van der Waals surface area contributed by atoms with Gasteiger partial charge in [-0.2, -0.15) is 0 Å². The number of nitrogens with zero attached hydrogens (tertiary/aromatic N) is 9. The Hall–Kier alpha value is -12.5. The van der Waals surface area contributed by atoms with Gasteiger partial charge < -0.3 is 59.5 Å². The Kier molecular flexibility index (Phi) is 32.0. The fourth-order valence-corrected chi connectivity index (χ4v) is 12.0. The van der Waals surface area contributed by atoms with Crippen LogP contribution in [0, 0.1) is 64.3 Å². The van der Waals surface area contributed by atoms with E-state index in [1.54, 1.807) is 73.3 Å². The maximum atomic E-state index is 11.4. The minimum atomic E-state index is -0.0326. The second kappa shape index (κ2) is 42.3. The molecule has 25 nitrogen and oxygen atoms in total. The number of fused-ring (bicyclic) bond motifs is 4. The number of aliphatic hydroxyl groups is 1. The molecule has 111 heavy (non-hydrogen) atoms. The van der Waals surface area contributed by atoms with Gasteiger partial charge in [0.15, 0.2) is 0 Å². The van der Waals surface area contributed by atoms with Gasteiger partial charge in [-0.15, -0.1) is 6.42 Å². The minimum Gasteiger partial charge on any atom is -0.508 e. The number of aryl methyl sites for hydroxylation is 2. The van der Waals surface area contributed by atoms with Crippen molar-refractivity contribution in [2.45, 2.75) is 89.4 Å². The number of aliphatic hydroxyl groups excluding tert-OH is 1. The summed E-state index contributed by atoms with van der Waals surface area (Å²) in [6.45, 7) is 34.1. The van der Waals surface area contributed by atoms with E-state index in [2.05, 4.69) is 119 Å². The third-order valence-electron chi connectivity index (χ3n) is 17.2. The molecule has 0 saturated carbocycles. The van der Waals surface area contributed by atoms with Crippen LogP contribution in [-0.2, 0) is 19.2 Å². The molecule has 4 atom stereocenters. The summed E-state index contributed by atoms with van der Waals surface area (Å²) < 4.78 is 42.0. The van der Waals surface area contributed by atoms with Crippen LogP contribution in [0.25, 0.3) is 62.5 Å². The number of carbonyl (C=O) groups excluding carboxylic acids is 4. The molecule has 0 spiro atoms. The van der Waals surface area contributed by atoms with Crippen molar-refractivity contribution < 1.29 is 57.4 Å². The number of thiol groups is 1. The number of hydrogen-bond acceptors (Lipinski definition) is 18. The average molecular weight is 1590 g/mol. The van der Waals surface area contributed by atoms with Gasteiger partial charge in [-0.25, -0.2) is 39.3 Å². The maximum Gasteiger partial charge on any atom is 0.228 e. The summed E-state index contributed by atoms with van der Waals surface area (Å²) in [5.74, 6) is 12.4. The number of terminal acetylenes is 1. The number of pyridine rings is 4. The number of hydrogen-bond donors (Lipinski definition) is 6. The maximum absolute atomic E-state index is 11.4. The van der Waals surface area contributed by atoms with Crippen LogP contribution in [0.4, 0.5) is 22.7 Å². The van der Waals surface area contributed by atoms with Crippen LogP contribution in [0.5, 0.6) is 40.6 Å². The van der Waals surface area contributed by atoms with E-state index in [0.717, 1.165) is 79.0 Å². The van der Waals surface area contributed by atoms with Gasteiger partial charge in [-0.3, -0.25) is 19.2 Å². The largest absolute Gasteiger partial charge is 0.508 e. The predicted octanol–water partition coefficient (Wildman–Crippen LogP) is 14.7. The molecule has 0 aliphatic carbocycles. The number of amides is 4. The SMILES string of the molecule is C#Cc1ccc(C)cc1.O=C1CC[C@@H](CO)N1.[B]=NS.[C-]#[N+]c1cc2c(Br)cnc(OC[C@@H]3CCC(=O)N3)c2cc1OC.[C-]#[N+]c1cc2c(C#Cc3ccc(C)cc3)cnc(OC[C@@H]3CCC(=O)N3)c2cc1OC.[C-]#[N+]c1cc2ccnc(Cl)c2cc1OC.[C-]#[N+]c1cc2ccnc(OC[C@@H]3CCC(=O)N3)c2cc1OC. The molecule has 1 radical (unpaired) electrons. The number of rotatable bonds is 14. The molecule has 4 amide bonds. The third kappa shape index (κ3) is 23.7. The average Bonchev–Trinajstić information content (AvgIpc) is 1.02. The Morgan fingerprint density at radius 3 is 1.30 bits per heavy atom. The van der Waals surface area contributed by atoms with Crippen LogP contribution < -0.4 is 54.4 Å². The van der Waals surface area contributed by atoms with Gasteiger partial charge in [0, 0.05) is 87.6 Å². The van der Waals surface area contributed by atoms with Crippen molar-refractivity contribution in [3.63, 3.8) is 0 Å². The zero-order valence-corrected chi connectivity index (χ0v) is 64.6. The van der Waals surface area contributed by atoms with Crippen molar-refractivity contribution >= 4 is 137 Å². The zero-order valence-electron chi connectivity index (χ0n) is 61.3. The van der Waals surface area contributed by atoms with E-state index in [9.17, 15) is 19.2 Å². The van der Waals surface area contributed by atoms with Crippen molar-refractivity contribution in [2.75, 3.05) is 54.9 Å². The molecule has 8 heterocycles. The number of carbonyl (C=O) groups is 4. The second-order valence-electron chi connectivity index (χ2n) is 24.8. The van der Waals surface area contributed by atoms with Crippen LogP contribution in [0.3, 0.4) is 0 Å². The van der Waals surface area contributed by atoms with Crippen LogP contribution in [0.15, 0.2) is 143 Å². The summed E-state index contributed by atoms with van der Waals surface area (Å²) >= 11 is 12.6. The van der Waals surface area contributed by atoms with Crippen LogP contribution in [-0.4, -0.2) is 135 Å². The summed E-state index contributed by atoms with van der Waals surface area (Å²) in [7, 11) is 10.4. The molecule has 563 valence electrons. The number of halogens is 2. The summed E-state index contributed by atoms with van der Waals surface area (Å²) in [6, 6.07) is 33.6. The monoisotopic (exact) mass is 1590 g/mol. The van der Waals surface area contributed by atoms with E-state index in [0.29, 0.717) is 125 Å². The Labute approximate surface area is 662 Å². The number of nitrogens with one attached hydrogen (secondary N) is 4. The summed E-state index contributed by atoms with van der Waals surface area (Å²) in [5, 5.41) is 26.5. The standard InChI is InChI=1S/C25H21N3O3.C16H14BrN3O3.C16H15N3O3.C11H7ClN2O.C9H8.C5H9NO2.BHNS/c1-16-4-6-17(7-5-16)8-9-18-14-27-25(31-15-19-10-11-24(29)28-19)21-13-23(30-3)22(26-2)12-20(18)21;1-18-13-5-10-11(6-14(13)22-2)16(19-7-12(10)17)23-8-9-3-4-15(21)20-9;1-17-13-7-10-5-6-18-16(12(10)8-14(13)21-2)22-9-11-3-4-15(20)19-11;1-13-9-5-7-3-4-14-11(12)8(7)6-10(9)15-2;1-3-9-6-4-8(2)5-7-9;7-3-4-1-2-5(8)6-4;1-2-3/h4-7,12-14,19H,10-11,15H2,1,3H3,(H,28,29);5-7,9H,3-4,8H2,2H3,(H,20,21);5-8,11H,3-4,9H2,2H3,(H,19,20);3-6H,2H3;1,4-7H,2H3;4,7H,1-3H2,(H,6,8);3H/t19-;9-;11-;;;4-;/m000..0./s1. The van der Waals surface area contributed by atoms with E-state index in [1.165, 1.54) is 39.6 Å². The van der Waals surface area contributed by atoms with Crippen molar-refractivity contribution in [1.29, 1.82) is 0 Å². The molecule has 6 aromatic carbocycles. The number of aromatic nitrogens is 4. The Bertz CT molecular complexity index is 5350. The zero-order chi connectivity index (χ0) is 79.9. The first kappa shape index (κ1) is 84.1. The van der Waals surface area contributed by atoms with Gasteiger partial charge in [0.2, 0.25) is 64.0 Å². The fraction of sp³-hybridized carbons (Fsp3) is 0.268. The molecule has 5 N–H and O–H groups in total. The first-order valence-corrected chi connectivity index (χ1v) is 35.9. The van der Waals surface area contributed by atoms with Gasteiger partial charge in [0.1, 0.15) is 48.0 Å². The number of ether oxygens (including phenoxy) is 7. The Balaban J connectivity index is 0.000000174. The molecule has 14 rings (SSSR count). The van der Waals surface area contributed by atoms with Crippen LogP contribution in [0.2, 0.25) is 5.15 Å². The molecule has 4 fully saturated rings. The number of methoxy groups -OCH3 is 4. The normalized spacial score (nSPS) is 15.2. The van der Waals surface area contributed by atoms with E-state index in [4.69, 9.17) is 82.6 Å². The predicted molar refractivity (Wildman–Crippen MR) is 433 cm³/mol. The Morgan fingerprint density at radius 1 is 0.523 bits per heavy atom. The molecule has 4 saturated heterocycles. The molecule has 29 heteroatoms. The van der Waals surface area contributed by atoms with E-state index >= 15 is 0 Å². The first-order valence-electron chi connectivity index (χ1n) is 34.3. The third-order valence-corrected chi connectivity index (χ3v) is 18.1. The summed E-state index contributed by atoms with van der Waals surface area (Å²) in [5.41, 5.74) is 6.72. The summed E-state index contributed by atoms with van der Waals surface area (Å²) in [4.78, 5) is 75.2. The molecule has 0 bridgehead atoms. The summed E-state index contributed by atoms with van der Waals surface area (Å²) in [6.07, 6.45) is 16.9. The van der Waals surface area contributed by atoms with Crippen molar-refractivity contribution in [2.24, 2.45) is 4.30 Å². The topological polar surface area (TPSA) is 283 Å². The van der Waals surface area contributed by atoms with Crippen molar-refractivity contribution in [1.82, 2.24) is 41.2 Å². The van der Waals surface area contributed by atoms with Crippen LogP contribution in [0.1, 0.15) is 79.2 Å². The first-order chi connectivity index (χ1) is 53.7. The van der Waals surface area contributed by atoms with Gasteiger partial charge in [-0.05, 0) is 162 Å². The van der Waals surface area contributed by atoms with Gasteiger partial charge in [0.25, 0.3) is 0 Å². The molecule has 4 aromatic heterocycles. The minimum absolute atomic E-state index is 0.00686. The van der Waals surface area contributed by atoms with Crippen molar-refractivity contribution in [3.05, 3.63) is 217 Å². The van der Waals surface area contributed by atoms with Gasteiger partial charge >= 0.3 is 24.8 Å². The molecule has 10 aromatic rings. The molecule has 4 aliphatic rings. The fourth-order valence-electron chi connectivity index (χ4n) is 11.4. The van der Waals surface area contributed by atoms with Crippen LogP contribution >= 0.6 is 40.3 Å².